The molecule has 0 bridgehead atoms. The summed E-state index contributed by atoms with van der Waals surface area (Å²) in [7, 11) is 0. The van der Waals surface area contributed by atoms with Crippen molar-refractivity contribution in [3.05, 3.63) is 0 Å². The lowest BCUT2D eigenvalue weighted by Gasteiger charge is -2.26. The van der Waals surface area contributed by atoms with E-state index in [1.54, 1.807) is 13.8 Å². The number of rotatable bonds is 3. The zero-order valence-electron chi connectivity index (χ0n) is 8.50. The number of nitriles is 1. The second kappa shape index (κ2) is 3.37. The molecule has 72 valence electrons. The van der Waals surface area contributed by atoms with Gasteiger partial charge >= 0.3 is 0 Å². The van der Waals surface area contributed by atoms with E-state index in [-0.39, 0.29) is 5.91 Å². The zero-order chi connectivity index (χ0) is 10.1. The average molecular weight is 180 g/mol. The standard InChI is InChI=1S/C10H16N2O/c1-4-12(8-5-6-8)9(13)10(2,3)7-11/h8H,4-6H2,1-3H3. The highest BCUT2D eigenvalue weighted by molar-refractivity contribution is 5.85. The van der Waals surface area contributed by atoms with Crippen LogP contribution in [0, 0.1) is 16.7 Å². The van der Waals surface area contributed by atoms with Gasteiger partial charge in [0.15, 0.2) is 0 Å². The van der Waals surface area contributed by atoms with Crippen LogP contribution < -0.4 is 0 Å². The predicted molar refractivity (Wildman–Crippen MR) is 49.8 cm³/mol. The topological polar surface area (TPSA) is 44.1 Å². The lowest BCUT2D eigenvalue weighted by molar-refractivity contribution is -0.137. The zero-order valence-corrected chi connectivity index (χ0v) is 8.50. The summed E-state index contributed by atoms with van der Waals surface area (Å²) in [5.74, 6) is -0.0278. The van der Waals surface area contributed by atoms with E-state index in [1.807, 2.05) is 17.9 Å². The van der Waals surface area contributed by atoms with Gasteiger partial charge in [-0.15, -0.1) is 0 Å². The fourth-order valence-electron chi connectivity index (χ4n) is 1.36. The normalized spacial score (nSPS) is 16.5. The van der Waals surface area contributed by atoms with E-state index in [0.29, 0.717) is 12.6 Å². The maximum Gasteiger partial charge on any atom is 0.242 e. The quantitative estimate of drug-likeness (QED) is 0.661. The van der Waals surface area contributed by atoms with Crippen molar-refractivity contribution < 1.29 is 4.79 Å². The van der Waals surface area contributed by atoms with Crippen LogP contribution in [0.4, 0.5) is 0 Å². The lowest BCUT2D eigenvalue weighted by atomic mass is 9.94. The minimum Gasteiger partial charge on any atom is -0.339 e. The number of carbonyl (C=O) groups is 1. The molecule has 0 aromatic heterocycles. The first-order chi connectivity index (χ1) is 6.03. The first kappa shape index (κ1) is 10.0. The maximum absolute atomic E-state index is 11.8. The summed E-state index contributed by atoms with van der Waals surface area (Å²) in [5.41, 5.74) is -0.862. The molecule has 0 aromatic carbocycles. The Kier molecular flexibility index (Phi) is 2.60. The van der Waals surface area contributed by atoms with Gasteiger partial charge < -0.3 is 4.90 Å². The molecule has 13 heavy (non-hydrogen) atoms. The van der Waals surface area contributed by atoms with Crippen molar-refractivity contribution in [2.24, 2.45) is 5.41 Å². The molecule has 1 rings (SSSR count). The van der Waals surface area contributed by atoms with Crippen LogP contribution in [-0.2, 0) is 4.79 Å². The second-order valence-corrected chi connectivity index (χ2v) is 4.06. The van der Waals surface area contributed by atoms with Gasteiger partial charge in [-0.3, -0.25) is 4.79 Å². The Morgan fingerprint density at radius 1 is 1.62 bits per heavy atom. The molecular weight excluding hydrogens is 164 g/mol. The van der Waals surface area contributed by atoms with E-state index in [4.69, 9.17) is 5.26 Å². The van der Waals surface area contributed by atoms with E-state index in [2.05, 4.69) is 0 Å². The Morgan fingerprint density at radius 2 is 2.15 bits per heavy atom. The lowest BCUT2D eigenvalue weighted by Crippen LogP contribution is -2.41. The van der Waals surface area contributed by atoms with Gasteiger partial charge in [0.05, 0.1) is 6.07 Å². The summed E-state index contributed by atoms with van der Waals surface area (Å²) in [6.45, 7) is 6.04. The average Bonchev–Trinajstić information content (AvgIpc) is 2.89. The first-order valence-electron chi connectivity index (χ1n) is 4.75. The molecule has 0 heterocycles. The SMILES string of the molecule is CCN(C(=O)C(C)(C)C#N)C1CC1. The summed E-state index contributed by atoms with van der Waals surface area (Å²) < 4.78 is 0. The fraction of sp³-hybridized carbons (Fsp3) is 0.800. The van der Waals surface area contributed by atoms with E-state index in [1.165, 1.54) is 0 Å². The molecule has 1 aliphatic carbocycles. The highest BCUT2D eigenvalue weighted by Gasteiger charge is 2.38. The van der Waals surface area contributed by atoms with Gasteiger partial charge in [0, 0.05) is 12.6 Å². The van der Waals surface area contributed by atoms with Crippen LogP contribution in [0.1, 0.15) is 33.6 Å². The molecule has 1 fully saturated rings. The number of amides is 1. The molecule has 0 aliphatic heterocycles. The summed E-state index contributed by atoms with van der Waals surface area (Å²) in [4.78, 5) is 13.6. The number of hydrogen-bond donors (Lipinski definition) is 0. The highest BCUT2D eigenvalue weighted by atomic mass is 16.2. The number of hydrogen-bond acceptors (Lipinski definition) is 2. The molecule has 0 N–H and O–H groups in total. The van der Waals surface area contributed by atoms with E-state index >= 15 is 0 Å². The molecular formula is C10H16N2O. The molecule has 1 saturated carbocycles. The number of nitrogens with zero attached hydrogens (tertiary/aromatic N) is 2. The molecule has 1 aliphatic rings. The predicted octanol–water partition coefficient (Wildman–Crippen LogP) is 1.55. The summed E-state index contributed by atoms with van der Waals surface area (Å²) in [6.07, 6.45) is 2.20. The van der Waals surface area contributed by atoms with Gasteiger partial charge in [-0.05, 0) is 33.6 Å². The monoisotopic (exact) mass is 180 g/mol. The van der Waals surface area contributed by atoms with Gasteiger partial charge in [-0.1, -0.05) is 0 Å². The smallest absolute Gasteiger partial charge is 0.242 e. The third-order valence-electron chi connectivity index (χ3n) is 2.40. The molecule has 0 atom stereocenters. The highest BCUT2D eigenvalue weighted by Crippen LogP contribution is 2.30. The van der Waals surface area contributed by atoms with Crippen LogP contribution in [0.25, 0.3) is 0 Å². The second-order valence-electron chi connectivity index (χ2n) is 4.06. The third-order valence-corrected chi connectivity index (χ3v) is 2.40. The first-order valence-corrected chi connectivity index (χ1v) is 4.75. The fourth-order valence-corrected chi connectivity index (χ4v) is 1.36. The number of carbonyl (C=O) groups excluding carboxylic acids is 1. The molecule has 0 spiro atoms. The minimum atomic E-state index is -0.862. The van der Waals surface area contributed by atoms with Crippen molar-refractivity contribution in [3.63, 3.8) is 0 Å². The van der Waals surface area contributed by atoms with Gasteiger partial charge in [0.25, 0.3) is 0 Å². The molecule has 0 unspecified atom stereocenters. The maximum atomic E-state index is 11.8. The van der Waals surface area contributed by atoms with Crippen molar-refractivity contribution in [2.45, 2.75) is 39.7 Å². The van der Waals surface area contributed by atoms with Crippen LogP contribution >= 0.6 is 0 Å². The molecule has 3 nitrogen and oxygen atoms in total. The van der Waals surface area contributed by atoms with Crippen LogP contribution in [-0.4, -0.2) is 23.4 Å². The van der Waals surface area contributed by atoms with Crippen LogP contribution in [0.3, 0.4) is 0 Å². The van der Waals surface area contributed by atoms with Gasteiger partial charge in [-0.2, -0.15) is 5.26 Å². The van der Waals surface area contributed by atoms with Crippen molar-refractivity contribution in [2.75, 3.05) is 6.54 Å². The largest absolute Gasteiger partial charge is 0.339 e. The minimum absolute atomic E-state index is 0.0278. The molecule has 0 aromatic rings. The van der Waals surface area contributed by atoms with Gasteiger partial charge in [0.2, 0.25) is 5.91 Å². The summed E-state index contributed by atoms with van der Waals surface area (Å²) >= 11 is 0. The molecule has 1 amide bonds. The molecule has 3 heteroatoms. The van der Waals surface area contributed by atoms with Crippen LogP contribution in [0.5, 0.6) is 0 Å². The summed E-state index contributed by atoms with van der Waals surface area (Å²) in [5, 5.41) is 8.81. The van der Waals surface area contributed by atoms with E-state index in [0.717, 1.165) is 12.8 Å². The summed E-state index contributed by atoms with van der Waals surface area (Å²) in [6, 6.07) is 2.45. The Hall–Kier alpha value is -1.04. The van der Waals surface area contributed by atoms with Gasteiger partial charge in [0.1, 0.15) is 5.41 Å². The van der Waals surface area contributed by atoms with Gasteiger partial charge in [-0.25, -0.2) is 0 Å². The van der Waals surface area contributed by atoms with Crippen molar-refractivity contribution >= 4 is 5.91 Å². The third kappa shape index (κ3) is 2.00. The Morgan fingerprint density at radius 3 is 2.46 bits per heavy atom. The van der Waals surface area contributed by atoms with Crippen LogP contribution in [0.2, 0.25) is 0 Å². The van der Waals surface area contributed by atoms with Crippen molar-refractivity contribution in [1.29, 1.82) is 5.26 Å². The molecule has 0 saturated heterocycles. The van der Waals surface area contributed by atoms with Crippen molar-refractivity contribution in [3.8, 4) is 6.07 Å². The van der Waals surface area contributed by atoms with Crippen LogP contribution in [0.15, 0.2) is 0 Å². The Balaban J connectivity index is 2.69. The van der Waals surface area contributed by atoms with E-state index in [9.17, 15) is 4.79 Å². The Labute approximate surface area is 79.3 Å². The molecule has 0 radical (unpaired) electrons. The van der Waals surface area contributed by atoms with Crippen molar-refractivity contribution in [1.82, 2.24) is 4.90 Å². The van der Waals surface area contributed by atoms with E-state index < -0.39 is 5.41 Å². The Bertz CT molecular complexity index is 248.